The number of likely N-dealkylation sites (N-methyl/N-ethyl adjacent to an activating group) is 1. The molecule has 10 nitrogen and oxygen atoms in total. The van der Waals surface area contributed by atoms with Crippen molar-refractivity contribution in [2.45, 2.75) is 82.3 Å². The van der Waals surface area contributed by atoms with E-state index in [0.717, 1.165) is 77.3 Å². The van der Waals surface area contributed by atoms with E-state index in [4.69, 9.17) is 11.5 Å². The van der Waals surface area contributed by atoms with Crippen molar-refractivity contribution in [1.82, 2.24) is 20.9 Å². The Balaban J connectivity index is 1.14. The minimum absolute atomic E-state index is 0.0219. The number of hydrogen-bond donors (Lipinski definition) is 5. The van der Waals surface area contributed by atoms with Crippen molar-refractivity contribution in [2.75, 3.05) is 20.1 Å². The van der Waals surface area contributed by atoms with E-state index in [2.05, 4.69) is 32.9 Å². The summed E-state index contributed by atoms with van der Waals surface area (Å²) in [4.78, 5) is 44.5. The molecule has 10 heteroatoms. The molecule has 0 radical (unpaired) electrons. The van der Waals surface area contributed by atoms with Gasteiger partial charge >= 0.3 is 0 Å². The van der Waals surface area contributed by atoms with Crippen molar-refractivity contribution in [3.63, 3.8) is 0 Å². The normalized spacial score (nSPS) is 28.1. The van der Waals surface area contributed by atoms with Gasteiger partial charge in [0.2, 0.25) is 11.8 Å². The van der Waals surface area contributed by atoms with E-state index in [1.165, 1.54) is 0 Å². The number of carbonyl (C=O) groups is 3. The number of rotatable bonds is 7. The summed E-state index contributed by atoms with van der Waals surface area (Å²) in [5, 5.41) is 9.58. The zero-order chi connectivity index (χ0) is 27.1. The molecule has 1 aliphatic heterocycles. The van der Waals surface area contributed by atoms with Crippen molar-refractivity contribution in [3.05, 3.63) is 29.8 Å². The van der Waals surface area contributed by atoms with E-state index in [9.17, 15) is 14.4 Å². The number of nitrogens with zero attached hydrogens (tertiary/aromatic N) is 2. The van der Waals surface area contributed by atoms with Gasteiger partial charge < -0.3 is 32.3 Å². The smallest absolute Gasteiger partial charge is 0.251 e. The van der Waals surface area contributed by atoms with Crippen molar-refractivity contribution in [2.24, 2.45) is 28.3 Å². The lowest BCUT2D eigenvalue weighted by atomic mass is 9.83. The Morgan fingerprint density at radius 1 is 0.763 bits per heavy atom. The Morgan fingerprint density at radius 3 is 1.82 bits per heavy atom. The van der Waals surface area contributed by atoms with Gasteiger partial charge in [0.1, 0.15) is 0 Å². The van der Waals surface area contributed by atoms with Crippen LogP contribution in [0.2, 0.25) is 0 Å². The monoisotopic (exact) mass is 525 g/mol. The first-order valence-corrected chi connectivity index (χ1v) is 14.1. The molecule has 208 valence electrons. The Morgan fingerprint density at radius 2 is 1.29 bits per heavy atom. The van der Waals surface area contributed by atoms with E-state index >= 15 is 0 Å². The van der Waals surface area contributed by atoms with Crippen LogP contribution in [0.25, 0.3) is 0 Å². The highest BCUT2D eigenvalue weighted by atomic mass is 16.2. The number of aliphatic imine (C=N–C) groups is 1. The van der Waals surface area contributed by atoms with Crippen LogP contribution in [0.15, 0.2) is 29.3 Å². The van der Waals surface area contributed by atoms with Gasteiger partial charge in [-0.05, 0) is 102 Å². The molecule has 2 saturated carbocycles. The molecule has 38 heavy (non-hydrogen) atoms. The van der Waals surface area contributed by atoms with Gasteiger partial charge in [0.25, 0.3) is 5.91 Å². The average Bonchev–Trinajstić information content (AvgIpc) is 2.89. The Labute approximate surface area is 225 Å². The minimum Gasteiger partial charge on any atom is -0.370 e. The minimum atomic E-state index is -0.134. The van der Waals surface area contributed by atoms with Gasteiger partial charge in [-0.1, -0.05) is 0 Å². The Hall–Kier alpha value is -3.14. The van der Waals surface area contributed by atoms with Gasteiger partial charge in [-0.3, -0.25) is 14.4 Å². The second kappa shape index (κ2) is 13.1. The summed E-state index contributed by atoms with van der Waals surface area (Å²) in [6.45, 7) is 2.03. The summed E-state index contributed by atoms with van der Waals surface area (Å²) in [5.41, 5.74) is 11.9. The number of amides is 3. The first-order valence-electron chi connectivity index (χ1n) is 14.1. The zero-order valence-electron chi connectivity index (χ0n) is 22.5. The van der Waals surface area contributed by atoms with Crippen molar-refractivity contribution < 1.29 is 14.4 Å². The number of hydrogen-bond acceptors (Lipinski definition) is 5. The maximum absolute atomic E-state index is 12.9. The van der Waals surface area contributed by atoms with Crippen LogP contribution in [-0.2, 0) is 9.59 Å². The SMILES string of the molecule is CN1CCCC(NC(=O)C2CCC(NC(=O)C3CCC(NC(=O)c4ccc(N=C(N)N)cc4)CC3)CC2)C1. The number of carbonyl (C=O) groups excluding carboxylic acids is 3. The Bertz CT molecular complexity index is 992. The molecule has 3 fully saturated rings. The third-order valence-corrected chi connectivity index (χ3v) is 8.24. The number of piperidine rings is 1. The fourth-order valence-electron chi connectivity index (χ4n) is 6.03. The quantitative estimate of drug-likeness (QED) is 0.270. The van der Waals surface area contributed by atoms with Crippen LogP contribution >= 0.6 is 0 Å². The van der Waals surface area contributed by atoms with E-state index in [0.29, 0.717) is 11.3 Å². The summed E-state index contributed by atoms with van der Waals surface area (Å²) in [5.74, 6) is 0.165. The van der Waals surface area contributed by atoms with Crippen LogP contribution in [-0.4, -0.2) is 66.8 Å². The standard InChI is InChI=1S/C28H43N7O3/c1-35-16-2-3-24(17-35)33-27(38)20-6-12-22(13-7-20)31-25(36)18-4-10-21(11-5-18)32-26(37)19-8-14-23(15-9-19)34-28(29)30/h8-9,14-15,18,20-22,24H,2-7,10-13,16-17H2,1H3,(H,31,36)(H,32,37)(H,33,38)(H4,29,30,34). The fraction of sp³-hybridized carbons (Fsp3) is 0.643. The van der Waals surface area contributed by atoms with Crippen molar-refractivity contribution >= 4 is 29.4 Å². The summed E-state index contributed by atoms with van der Waals surface area (Å²) in [6, 6.07) is 7.26. The van der Waals surface area contributed by atoms with Gasteiger partial charge in [0.05, 0.1) is 5.69 Å². The van der Waals surface area contributed by atoms with Crippen LogP contribution < -0.4 is 27.4 Å². The molecule has 0 aromatic heterocycles. The molecule has 1 aromatic carbocycles. The van der Waals surface area contributed by atoms with Crippen LogP contribution in [0.1, 0.15) is 74.6 Å². The van der Waals surface area contributed by atoms with Crippen LogP contribution in [0, 0.1) is 11.8 Å². The summed E-state index contributed by atoms with van der Waals surface area (Å²) in [7, 11) is 2.10. The lowest BCUT2D eigenvalue weighted by Crippen LogP contribution is -2.49. The maximum Gasteiger partial charge on any atom is 0.251 e. The Kier molecular flexibility index (Phi) is 9.60. The number of nitrogens with two attached hydrogens (primary N) is 2. The second-order valence-corrected chi connectivity index (χ2v) is 11.3. The highest BCUT2D eigenvalue weighted by molar-refractivity contribution is 5.94. The molecule has 3 amide bonds. The predicted molar refractivity (Wildman–Crippen MR) is 148 cm³/mol. The van der Waals surface area contributed by atoms with Crippen molar-refractivity contribution in [1.29, 1.82) is 0 Å². The van der Waals surface area contributed by atoms with Crippen LogP contribution in [0.3, 0.4) is 0 Å². The van der Waals surface area contributed by atoms with Gasteiger partial charge in [-0.15, -0.1) is 0 Å². The third-order valence-electron chi connectivity index (χ3n) is 8.24. The largest absolute Gasteiger partial charge is 0.370 e. The molecular weight excluding hydrogens is 482 g/mol. The molecule has 0 bridgehead atoms. The highest BCUT2D eigenvalue weighted by Gasteiger charge is 2.32. The van der Waals surface area contributed by atoms with Gasteiger partial charge in [-0.25, -0.2) is 4.99 Å². The summed E-state index contributed by atoms with van der Waals surface area (Å²) < 4.78 is 0. The van der Waals surface area contributed by atoms with E-state index in [-0.39, 0.29) is 53.6 Å². The van der Waals surface area contributed by atoms with Gasteiger partial charge in [-0.2, -0.15) is 0 Å². The molecule has 1 atom stereocenters. The molecule has 1 saturated heterocycles. The number of nitrogens with one attached hydrogen (secondary N) is 3. The van der Waals surface area contributed by atoms with E-state index in [1.807, 2.05) is 0 Å². The lowest BCUT2D eigenvalue weighted by Gasteiger charge is -2.34. The third kappa shape index (κ3) is 7.93. The first kappa shape index (κ1) is 27.9. The molecule has 2 aliphatic carbocycles. The number of likely N-dealkylation sites (tertiary alicyclic amines) is 1. The molecule has 0 spiro atoms. The van der Waals surface area contributed by atoms with Gasteiger partial charge in [0, 0.05) is 42.1 Å². The van der Waals surface area contributed by atoms with E-state index in [1.54, 1.807) is 24.3 Å². The molecule has 1 unspecified atom stereocenters. The predicted octanol–water partition coefficient (Wildman–Crippen LogP) is 1.77. The summed E-state index contributed by atoms with van der Waals surface area (Å²) in [6.07, 6.45) is 8.60. The fourth-order valence-corrected chi connectivity index (χ4v) is 6.03. The topological polar surface area (TPSA) is 155 Å². The van der Waals surface area contributed by atoms with E-state index < -0.39 is 0 Å². The molecular formula is C28H43N7O3. The first-order chi connectivity index (χ1) is 18.3. The van der Waals surface area contributed by atoms with Crippen LogP contribution in [0.4, 0.5) is 5.69 Å². The van der Waals surface area contributed by atoms with Crippen LogP contribution in [0.5, 0.6) is 0 Å². The summed E-state index contributed by atoms with van der Waals surface area (Å²) >= 11 is 0. The number of benzene rings is 1. The second-order valence-electron chi connectivity index (χ2n) is 11.3. The maximum atomic E-state index is 12.9. The molecule has 4 rings (SSSR count). The van der Waals surface area contributed by atoms with Crippen molar-refractivity contribution in [3.8, 4) is 0 Å². The zero-order valence-corrected chi connectivity index (χ0v) is 22.5. The van der Waals surface area contributed by atoms with Gasteiger partial charge in [0.15, 0.2) is 5.96 Å². The molecule has 1 heterocycles. The number of guanidine groups is 1. The molecule has 7 N–H and O–H groups in total. The lowest BCUT2D eigenvalue weighted by molar-refractivity contribution is -0.128. The molecule has 3 aliphatic rings. The highest BCUT2D eigenvalue weighted by Crippen LogP contribution is 2.28. The molecule has 1 aromatic rings. The average molecular weight is 526 g/mol.